The van der Waals surface area contributed by atoms with Crippen LogP contribution in [-0.4, -0.2) is 28.3 Å². The van der Waals surface area contributed by atoms with Crippen LogP contribution in [0.15, 0.2) is 16.6 Å². The molecule has 1 aliphatic rings. The van der Waals surface area contributed by atoms with E-state index < -0.39 is 11.8 Å². The molecular weight excluding hydrogens is 331 g/mol. The van der Waals surface area contributed by atoms with Crippen LogP contribution < -0.4 is 10.2 Å². The van der Waals surface area contributed by atoms with Gasteiger partial charge in [0.15, 0.2) is 11.6 Å². The summed E-state index contributed by atoms with van der Waals surface area (Å²) in [6.07, 6.45) is 0.166. The van der Waals surface area contributed by atoms with Crippen LogP contribution in [0.5, 0.6) is 0 Å². The first kappa shape index (κ1) is 13.0. The number of carbonyl (C=O) groups is 2. The lowest BCUT2D eigenvalue weighted by Crippen LogP contribution is -2.49. The van der Waals surface area contributed by atoms with Gasteiger partial charge in [-0.3, -0.25) is 19.7 Å². The van der Waals surface area contributed by atoms with E-state index in [0.29, 0.717) is 9.99 Å². The minimum absolute atomic E-state index is 0.166. The molecule has 0 bridgehead atoms. The van der Waals surface area contributed by atoms with Crippen molar-refractivity contribution in [3.63, 3.8) is 0 Å². The predicted molar refractivity (Wildman–Crippen MR) is 73.9 cm³/mol. The first-order valence-electron chi connectivity index (χ1n) is 5.91. The number of aromatic nitrogens is 2. The Hall–Kier alpha value is -1.96. The number of amides is 3. The second kappa shape index (κ2) is 4.55. The maximum absolute atomic E-state index is 14.3. The third-order valence-corrected chi connectivity index (χ3v) is 3.81. The second-order valence-electron chi connectivity index (χ2n) is 4.46. The number of halogens is 2. The van der Waals surface area contributed by atoms with E-state index >= 15 is 0 Å². The van der Waals surface area contributed by atoms with Crippen molar-refractivity contribution in [1.82, 2.24) is 15.1 Å². The highest BCUT2D eigenvalue weighted by atomic mass is 79.9. The zero-order valence-electron chi connectivity index (χ0n) is 10.5. The van der Waals surface area contributed by atoms with E-state index in [1.807, 2.05) is 0 Å². The van der Waals surface area contributed by atoms with Crippen molar-refractivity contribution in [2.45, 2.75) is 6.42 Å². The number of nitrogens with one attached hydrogen (secondary N) is 1. The van der Waals surface area contributed by atoms with Crippen LogP contribution >= 0.6 is 15.9 Å². The molecule has 1 saturated heterocycles. The number of aryl methyl sites for hydroxylation is 1. The van der Waals surface area contributed by atoms with Crippen molar-refractivity contribution in [3.05, 3.63) is 22.4 Å². The molecule has 6 nitrogen and oxygen atoms in total. The van der Waals surface area contributed by atoms with Gasteiger partial charge in [0.25, 0.3) is 0 Å². The standard InChI is InChI=1S/C12H10BrFN4O2/c1-17-7-3-2-6(13)10(14)9(7)11(16-17)18-5-4-8(19)15-12(18)20/h2-3H,4-5H2,1H3,(H,15,19,20). The Morgan fingerprint density at radius 2 is 2.15 bits per heavy atom. The number of fused-ring (bicyclic) bond motifs is 1. The van der Waals surface area contributed by atoms with Crippen molar-refractivity contribution >= 4 is 44.6 Å². The molecule has 0 atom stereocenters. The summed E-state index contributed by atoms with van der Waals surface area (Å²) in [7, 11) is 1.67. The summed E-state index contributed by atoms with van der Waals surface area (Å²) in [6.45, 7) is 0.183. The smallest absolute Gasteiger partial charge is 0.278 e. The number of rotatable bonds is 1. The molecule has 1 aromatic carbocycles. The Morgan fingerprint density at radius 1 is 1.40 bits per heavy atom. The largest absolute Gasteiger partial charge is 0.329 e. The molecule has 3 amide bonds. The molecule has 104 valence electrons. The third-order valence-electron chi connectivity index (χ3n) is 3.20. The molecular formula is C12H10BrFN4O2. The van der Waals surface area contributed by atoms with Crippen LogP contribution in [0.1, 0.15) is 6.42 Å². The van der Waals surface area contributed by atoms with E-state index in [-0.39, 0.29) is 30.1 Å². The second-order valence-corrected chi connectivity index (χ2v) is 5.31. The number of nitrogens with zero attached hydrogens (tertiary/aromatic N) is 3. The minimum Gasteiger partial charge on any atom is -0.278 e. The zero-order chi connectivity index (χ0) is 14.4. The summed E-state index contributed by atoms with van der Waals surface area (Å²) in [4.78, 5) is 24.3. The molecule has 20 heavy (non-hydrogen) atoms. The van der Waals surface area contributed by atoms with E-state index in [9.17, 15) is 14.0 Å². The topological polar surface area (TPSA) is 67.2 Å². The highest BCUT2D eigenvalue weighted by Gasteiger charge is 2.29. The summed E-state index contributed by atoms with van der Waals surface area (Å²) in [5.41, 5.74) is 0.574. The molecule has 0 spiro atoms. The Morgan fingerprint density at radius 3 is 2.85 bits per heavy atom. The van der Waals surface area contributed by atoms with Gasteiger partial charge in [-0.05, 0) is 28.1 Å². The van der Waals surface area contributed by atoms with Gasteiger partial charge in [-0.15, -0.1) is 0 Å². The van der Waals surface area contributed by atoms with Crippen molar-refractivity contribution in [2.75, 3.05) is 11.4 Å². The van der Waals surface area contributed by atoms with Crippen LogP contribution in [-0.2, 0) is 11.8 Å². The molecule has 3 rings (SSSR count). The Kier molecular flexibility index (Phi) is 2.97. The number of benzene rings is 1. The van der Waals surface area contributed by atoms with E-state index in [4.69, 9.17) is 0 Å². The molecule has 2 heterocycles. The number of hydrogen-bond donors (Lipinski definition) is 1. The molecule has 1 aromatic heterocycles. The van der Waals surface area contributed by atoms with Gasteiger partial charge in [0.05, 0.1) is 15.4 Å². The predicted octanol–water partition coefficient (Wildman–Crippen LogP) is 1.92. The molecule has 0 aliphatic carbocycles. The van der Waals surface area contributed by atoms with E-state index in [0.717, 1.165) is 0 Å². The summed E-state index contributed by atoms with van der Waals surface area (Å²) < 4.78 is 16.1. The highest BCUT2D eigenvalue weighted by molar-refractivity contribution is 9.10. The molecule has 8 heteroatoms. The lowest BCUT2D eigenvalue weighted by atomic mass is 10.2. The number of anilines is 1. The van der Waals surface area contributed by atoms with Gasteiger partial charge in [0.1, 0.15) is 0 Å². The molecule has 0 saturated carbocycles. The van der Waals surface area contributed by atoms with Crippen LogP contribution in [0, 0.1) is 5.82 Å². The summed E-state index contributed by atoms with van der Waals surface area (Å²) >= 11 is 3.12. The van der Waals surface area contributed by atoms with Crippen molar-refractivity contribution in [1.29, 1.82) is 0 Å². The van der Waals surface area contributed by atoms with Crippen LogP contribution in [0.4, 0.5) is 15.0 Å². The van der Waals surface area contributed by atoms with E-state index in [1.54, 1.807) is 19.2 Å². The van der Waals surface area contributed by atoms with Gasteiger partial charge in [0.2, 0.25) is 5.91 Å². The first-order chi connectivity index (χ1) is 9.49. The van der Waals surface area contributed by atoms with Crippen molar-refractivity contribution < 1.29 is 14.0 Å². The molecule has 1 aliphatic heterocycles. The van der Waals surface area contributed by atoms with Crippen molar-refractivity contribution in [2.24, 2.45) is 7.05 Å². The summed E-state index contributed by atoms with van der Waals surface area (Å²) in [5.74, 6) is -0.602. The van der Waals surface area contributed by atoms with Gasteiger partial charge >= 0.3 is 6.03 Å². The fourth-order valence-electron chi connectivity index (χ4n) is 2.22. The number of carbonyl (C=O) groups excluding carboxylic acids is 2. The fraction of sp³-hybridized carbons (Fsp3) is 0.250. The number of hydrogen-bond acceptors (Lipinski definition) is 3. The Bertz CT molecular complexity index is 743. The van der Waals surface area contributed by atoms with Crippen LogP contribution in [0.2, 0.25) is 0 Å². The Balaban J connectivity index is 2.19. The first-order valence-corrected chi connectivity index (χ1v) is 6.70. The summed E-state index contributed by atoms with van der Waals surface area (Å²) in [6, 6.07) is 2.72. The highest BCUT2D eigenvalue weighted by Crippen LogP contribution is 2.32. The SMILES string of the molecule is Cn1nc(N2CCC(=O)NC2=O)c2c(F)c(Br)ccc21. The maximum Gasteiger partial charge on any atom is 0.329 e. The lowest BCUT2D eigenvalue weighted by molar-refractivity contribution is -0.120. The lowest BCUT2D eigenvalue weighted by Gasteiger charge is -2.24. The molecule has 1 fully saturated rings. The molecule has 2 aromatic rings. The van der Waals surface area contributed by atoms with E-state index in [1.165, 1.54) is 9.58 Å². The average Bonchev–Trinajstić information content (AvgIpc) is 2.72. The monoisotopic (exact) mass is 340 g/mol. The third kappa shape index (κ3) is 1.87. The van der Waals surface area contributed by atoms with Crippen LogP contribution in [0.25, 0.3) is 10.9 Å². The molecule has 0 radical (unpaired) electrons. The van der Waals surface area contributed by atoms with Gasteiger partial charge in [-0.25, -0.2) is 9.18 Å². The number of urea groups is 1. The quantitative estimate of drug-likeness (QED) is 0.862. The number of imide groups is 1. The molecule has 0 unspecified atom stereocenters. The van der Waals surface area contributed by atoms with Crippen molar-refractivity contribution in [3.8, 4) is 0 Å². The molecule has 1 N–H and O–H groups in total. The Labute approximate surface area is 121 Å². The summed E-state index contributed by atoms with van der Waals surface area (Å²) in [5, 5.41) is 6.66. The minimum atomic E-state index is -0.583. The normalized spacial score (nSPS) is 15.8. The van der Waals surface area contributed by atoms with Gasteiger partial charge < -0.3 is 0 Å². The van der Waals surface area contributed by atoms with E-state index in [2.05, 4.69) is 26.3 Å². The zero-order valence-corrected chi connectivity index (χ0v) is 12.1. The average molecular weight is 341 g/mol. The van der Waals surface area contributed by atoms with Gasteiger partial charge in [0, 0.05) is 20.0 Å². The maximum atomic E-state index is 14.3. The van der Waals surface area contributed by atoms with Crippen LogP contribution in [0.3, 0.4) is 0 Å². The fourth-order valence-corrected chi connectivity index (χ4v) is 2.55. The van der Waals surface area contributed by atoms with Gasteiger partial charge in [-0.2, -0.15) is 5.10 Å². The van der Waals surface area contributed by atoms with Gasteiger partial charge in [-0.1, -0.05) is 0 Å².